The van der Waals surface area contributed by atoms with Crippen molar-refractivity contribution in [1.82, 2.24) is 0 Å². The van der Waals surface area contributed by atoms with E-state index in [0.717, 1.165) is 6.42 Å². The van der Waals surface area contributed by atoms with Crippen LogP contribution in [0.1, 0.15) is 19.8 Å². The van der Waals surface area contributed by atoms with E-state index in [0.29, 0.717) is 13.0 Å². The van der Waals surface area contributed by atoms with E-state index in [2.05, 4.69) is 0 Å². The third-order valence-corrected chi connectivity index (χ3v) is 1.45. The lowest BCUT2D eigenvalue weighted by molar-refractivity contribution is -0.207. The molecule has 1 unspecified atom stereocenters. The molecule has 9 heavy (non-hydrogen) atoms. The number of carbonyl (C=O) groups excluding carboxylic acids is 1. The van der Waals surface area contributed by atoms with Crippen LogP contribution in [0.15, 0.2) is 0 Å². The van der Waals surface area contributed by atoms with Crippen LogP contribution < -0.4 is 0 Å². The van der Waals surface area contributed by atoms with Crippen LogP contribution >= 0.6 is 0 Å². The summed E-state index contributed by atoms with van der Waals surface area (Å²) in [5.41, 5.74) is 0. The molecule has 1 atom stereocenters. The third-order valence-electron chi connectivity index (χ3n) is 1.45. The Kier molecular flexibility index (Phi) is 1.55. The molecule has 0 bridgehead atoms. The number of rotatable bonds is 0. The lowest BCUT2D eigenvalue weighted by atomic mass is 10.1. The molecule has 1 fully saturated rings. The predicted octanol–water partition coefficient (Wildman–Crippen LogP) is 0.0744. The van der Waals surface area contributed by atoms with E-state index in [4.69, 9.17) is 9.84 Å². The topological polar surface area (TPSA) is 46.5 Å². The van der Waals surface area contributed by atoms with Crippen LogP contribution in [-0.2, 0) is 9.53 Å². The Bertz CT molecular complexity index is 128. The summed E-state index contributed by atoms with van der Waals surface area (Å²) in [6, 6.07) is 0. The smallest absolute Gasteiger partial charge is 0.223 e. The molecule has 0 aromatic carbocycles. The second-order valence-electron chi connectivity index (χ2n) is 2.36. The van der Waals surface area contributed by atoms with Crippen molar-refractivity contribution in [2.75, 3.05) is 6.61 Å². The van der Waals surface area contributed by atoms with Gasteiger partial charge in [0.25, 0.3) is 0 Å². The van der Waals surface area contributed by atoms with Crippen LogP contribution in [-0.4, -0.2) is 23.3 Å². The summed E-state index contributed by atoms with van der Waals surface area (Å²) >= 11 is 0. The number of ketones is 1. The highest BCUT2D eigenvalue weighted by molar-refractivity contribution is 5.85. The summed E-state index contributed by atoms with van der Waals surface area (Å²) in [7, 11) is 0. The Morgan fingerprint density at radius 3 is 2.78 bits per heavy atom. The number of aliphatic hydroxyl groups is 1. The molecule has 52 valence electrons. The minimum Gasteiger partial charge on any atom is -0.360 e. The molecule has 1 saturated heterocycles. The molecule has 0 aromatic heterocycles. The van der Waals surface area contributed by atoms with Crippen LogP contribution in [0.5, 0.6) is 0 Å². The van der Waals surface area contributed by atoms with Gasteiger partial charge in [-0.2, -0.15) is 0 Å². The van der Waals surface area contributed by atoms with Gasteiger partial charge in [-0.05, 0) is 13.3 Å². The van der Waals surface area contributed by atoms with Crippen molar-refractivity contribution in [1.29, 1.82) is 0 Å². The van der Waals surface area contributed by atoms with Gasteiger partial charge in [-0.1, -0.05) is 0 Å². The molecule has 0 spiro atoms. The summed E-state index contributed by atoms with van der Waals surface area (Å²) in [6.45, 7) is 1.87. The minimum atomic E-state index is -1.50. The van der Waals surface area contributed by atoms with Crippen LogP contribution in [0, 0.1) is 0 Å². The van der Waals surface area contributed by atoms with E-state index in [9.17, 15) is 4.79 Å². The van der Waals surface area contributed by atoms with E-state index in [1.807, 2.05) is 0 Å². The molecule has 0 amide bonds. The highest BCUT2D eigenvalue weighted by Crippen LogP contribution is 2.16. The normalized spacial score (nSPS) is 36.9. The van der Waals surface area contributed by atoms with Gasteiger partial charge in [-0.3, -0.25) is 4.79 Å². The average molecular weight is 130 g/mol. The van der Waals surface area contributed by atoms with Gasteiger partial charge in [-0.25, -0.2) is 0 Å². The number of ether oxygens (including phenoxy) is 1. The van der Waals surface area contributed by atoms with Gasteiger partial charge in [0.1, 0.15) is 0 Å². The largest absolute Gasteiger partial charge is 0.360 e. The molecule has 0 aromatic rings. The number of carbonyl (C=O) groups is 1. The highest BCUT2D eigenvalue weighted by Gasteiger charge is 2.33. The summed E-state index contributed by atoms with van der Waals surface area (Å²) in [5, 5.41) is 9.07. The zero-order chi connectivity index (χ0) is 6.91. The van der Waals surface area contributed by atoms with E-state index >= 15 is 0 Å². The van der Waals surface area contributed by atoms with Crippen molar-refractivity contribution in [3.8, 4) is 0 Å². The van der Waals surface area contributed by atoms with Crippen molar-refractivity contribution >= 4 is 5.78 Å². The predicted molar refractivity (Wildman–Crippen MR) is 30.8 cm³/mol. The van der Waals surface area contributed by atoms with Crippen LogP contribution in [0.3, 0.4) is 0 Å². The Hall–Kier alpha value is -0.410. The van der Waals surface area contributed by atoms with Gasteiger partial charge in [0.2, 0.25) is 5.79 Å². The first-order valence-corrected chi connectivity index (χ1v) is 3.02. The maximum Gasteiger partial charge on any atom is 0.223 e. The summed E-state index contributed by atoms with van der Waals surface area (Å²) in [5.74, 6) is -1.72. The maximum atomic E-state index is 10.7. The Labute approximate surface area is 53.6 Å². The van der Waals surface area contributed by atoms with Gasteiger partial charge in [0.15, 0.2) is 5.78 Å². The number of hydrogen-bond acceptors (Lipinski definition) is 3. The Morgan fingerprint density at radius 1 is 1.78 bits per heavy atom. The number of Topliss-reactive ketones (excluding diaryl/α,β-unsaturated/α-hetero) is 1. The van der Waals surface area contributed by atoms with E-state index < -0.39 is 5.79 Å². The zero-order valence-corrected chi connectivity index (χ0v) is 5.39. The first-order chi connectivity index (χ1) is 4.13. The van der Waals surface area contributed by atoms with Gasteiger partial charge in [0.05, 0.1) is 6.61 Å². The van der Waals surface area contributed by atoms with Crippen LogP contribution in [0.25, 0.3) is 0 Å². The lowest BCUT2D eigenvalue weighted by Crippen LogP contribution is -2.41. The Balaban J connectivity index is 2.60. The standard InChI is InChI=1S/C6H10O3/c1-6(8)5(7)3-2-4-9-6/h8H,2-4H2,1H3. The summed E-state index contributed by atoms with van der Waals surface area (Å²) in [4.78, 5) is 10.7. The molecule has 1 heterocycles. The van der Waals surface area contributed by atoms with Gasteiger partial charge >= 0.3 is 0 Å². The van der Waals surface area contributed by atoms with Crippen LogP contribution in [0.4, 0.5) is 0 Å². The quantitative estimate of drug-likeness (QED) is 0.505. The van der Waals surface area contributed by atoms with Crippen molar-refractivity contribution in [2.24, 2.45) is 0 Å². The maximum absolute atomic E-state index is 10.7. The fourth-order valence-corrected chi connectivity index (χ4v) is 0.816. The second kappa shape index (κ2) is 2.08. The van der Waals surface area contributed by atoms with Gasteiger partial charge in [0, 0.05) is 6.42 Å². The molecule has 0 radical (unpaired) electrons. The number of hydrogen-bond donors (Lipinski definition) is 1. The second-order valence-corrected chi connectivity index (χ2v) is 2.36. The molecule has 0 saturated carbocycles. The molecule has 1 aliphatic heterocycles. The summed E-state index contributed by atoms with van der Waals surface area (Å²) < 4.78 is 4.78. The molecular weight excluding hydrogens is 120 g/mol. The van der Waals surface area contributed by atoms with Crippen molar-refractivity contribution in [2.45, 2.75) is 25.6 Å². The average Bonchev–Trinajstić information content (AvgIpc) is 1.77. The minimum absolute atomic E-state index is 0.214. The molecule has 1 aliphatic rings. The fraction of sp³-hybridized carbons (Fsp3) is 0.833. The zero-order valence-electron chi connectivity index (χ0n) is 5.39. The van der Waals surface area contributed by atoms with Crippen molar-refractivity contribution in [3.63, 3.8) is 0 Å². The lowest BCUT2D eigenvalue weighted by Gasteiger charge is -2.26. The van der Waals surface area contributed by atoms with Gasteiger partial charge in [-0.15, -0.1) is 0 Å². The molecule has 0 aliphatic carbocycles. The van der Waals surface area contributed by atoms with E-state index in [1.165, 1.54) is 6.92 Å². The molecule has 3 heteroatoms. The van der Waals surface area contributed by atoms with Crippen molar-refractivity contribution < 1.29 is 14.6 Å². The molecule has 1 N–H and O–H groups in total. The SMILES string of the molecule is CC1(O)OCCCC1=O. The Morgan fingerprint density at radius 2 is 2.44 bits per heavy atom. The van der Waals surface area contributed by atoms with Gasteiger partial charge < -0.3 is 9.84 Å². The molecule has 1 rings (SSSR count). The van der Waals surface area contributed by atoms with Crippen LogP contribution in [0.2, 0.25) is 0 Å². The monoisotopic (exact) mass is 130 g/mol. The van der Waals surface area contributed by atoms with E-state index in [-0.39, 0.29) is 5.78 Å². The molecule has 3 nitrogen and oxygen atoms in total. The summed E-state index contributed by atoms with van der Waals surface area (Å²) in [6.07, 6.45) is 1.17. The highest BCUT2D eigenvalue weighted by atomic mass is 16.6. The van der Waals surface area contributed by atoms with E-state index in [1.54, 1.807) is 0 Å². The first kappa shape index (κ1) is 6.71. The first-order valence-electron chi connectivity index (χ1n) is 3.02. The molecular formula is C6H10O3. The fourth-order valence-electron chi connectivity index (χ4n) is 0.816. The van der Waals surface area contributed by atoms with Crippen molar-refractivity contribution in [3.05, 3.63) is 0 Å². The third kappa shape index (κ3) is 1.28.